The number of hydrogen-bond donors (Lipinski definition) is 3. The molecular weight excluding hydrogens is 568 g/mol. The minimum Gasteiger partial charge on any atom is -0.478 e. The fraction of sp³-hybridized carbons (Fsp3) is 0.111. The fourth-order valence-electron chi connectivity index (χ4n) is 1.16. The van der Waals surface area contributed by atoms with E-state index in [1.165, 1.54) is 6.92 Å². The van der Waals surface area contributed by atoms with Crippen molar-refractivity contribution in [3.8, 4) is 0 Å². The molecule has 0 spiro atoms. The van der Waals surface area contributed by atoms with Gasteiger partial charge in [0, 0.05) is 6.92 Å². The largest absolute Gasteiger partial charge is 0.478 e. The van der Waals surface area contributed by atoms with E-state index >= 15 is 0 Å². The molecule has 0 aliphatic rings. The van der Waals surface area contributed by atoms with E-state index in [4.69, 9.17) is 10.8 Å². The van der Waals surface area contributed by atoms with Crippen molar-refractivity contribution in [2.24, 2.45) is 0 Å². The van der Waals surface area contributed by atoms with Crippen molar-refractivity contribution in [1.29, 1.82) is 0 Å². The molecule has 0 unspecified atom stereocenters. The minimum absolute atomic E-state index is 0.118. The fourth-order valence-corrected chi connectivity index (χ4v) is 5.05. The van der Waals surface area contributed by atoms with Gasteiger partial charge in [-0.15, -0.1) is 0 Å². The molecule has 0 atom stereocenters. The van der Waals surface area contributed by atoms with Crippen LogP contribution in [0.1, 0.15) is 17.3 Å². The van der Waals surface area contributed by atoms with Crippen molar-refractivity contribution in [2.45, 2.75) is 6.92 Å². The number of rotatable bonds is 2. The van der Waals surface area contributed by atoms with Crippen LogP contribution in [0.25, 0.3) is 0 Å². The summed E-state index contributed by atoms with van der Waals surface area (Å²) in [5, 5.41) is 11.7. The van der Waals surface area contributed by atoms with Crippen LogP contribution in [0, 0.1) is 10.7 Å². The van der Waals surface area contributed by atoms with Gasteiger partial charge in [0.2, 0.25) is 5.91 Å². The van der Waals surface area contributed by atoms with Gasteiger partial charge in [-0.25, -0.2) is 4.79 Å². The van der Waals surface area contributed by atoms with Gasteiger partial charge in [-0.3, -0.25) is 4.79 Å². The summed E-state index contributed by atoms with van der Waals surface area (Å²) in [5.74, 6) is -1.33. The predicted octanol–water partition coefficient (Wildman–Crippen LogP) is 2.74. The Kier molecular flexibility index (Phi) is 5.24. The zero-order valence-electron chi connectivity index (χ0n) is 8.47. The molecule has 1 rings (SSSR count). The van der Waals surface area contributed by atoms with Gasteiger partial charge in [-0.2, -0.15) is 0 Å². The second kappa shape index (κ2) is 5.86. The number of halogens is 3. The van der Waals surface area contributed by atoms with E-state index in [9.17, 15) is 9.59 Å². The van der Waals surface area contributed by atoms with Crippen LogP contribution < -0.4 is 11.1 Å². The molecule has 0 aliphatic carbocycles. The van der Waals surface area contributed by atoms with Gasteiger partial charge in [0.25, 0.3) is 0 Å². The first-order valence-electron chi connectivity index (χ1n) is 4.24. The number of aromatic carboxylic acids is 1. The highest BCUT2D eigenvalue weighted by Crippen LogP contribution is 2.37. The maximum absolute atomic E-state index is 11.2. The first-order chi connectivity index (χ1) is 7.77. The van der Waals surface area contributed by atoms with Crippen LogP contribution >= 0.6 is 67.8 Å². The average Bonchev–Trinajstić information content (AvgIpc) is 2.21. The molecule has 0 bridgehead atoms. The maximum atomic E-state index is 11.2. The molecule has 0 aromatic heterocycles. The number of carboxylic acids is 1. The second-order valence-corrected chi connectivity index (χ2v) is 6.33. The van der Waals surface area contributed by atoms with Crippen molar-refractivity contribution in [3.05, 3.63) is 16.3 Å². The van der Waals surface area contributed by atoms with Gasteiger partial charge < -0.3 is 16.2 Å². The molecule has 1 aromatic rings. The van der Waals surface area contributed by atoms with Gasteiger partial charge in [-0.05, 0) is 67.8 Å². The van der Waals surface area contributed by atoms with Crippen LogP contribution in [0.3, 0.4) is 0 Å². The number of carbonyl (C=O) groups is 2. The third-order valence-corrected chi connectivity index (χ3v) is 5.19. The molecular formula is C9H7I3N2O3. The molecule has 5 nitrogen and oxygen atoms in total. The number of anilines is 2. The molecule has 0 fully saturated rings. The average molecular weight is 575 g/mol. The monoisotopic (exact) mass is 575 g/mol. The van der Waals surface area contributed by atoms with E-state index in [0.717, 1.165) is 0 Å². The molecule has 4 N–H and O–H groups in total. The highest BCUT2D eigenvalue weighted by atomic mass is 127. The van der Waals surface area contributed by atoms with E-state index in [1.54, 1.807) is 0 Å². The number of nitrogens with one attached hydrogen (secondary N) is 1. The van der Waals surface area contributed by atoms with Crippen LogP contribution in [0.5, 0.6) is 0 Å². The first kappa shape index (κ1) is 15.2. The molecule has 8 heteroatoms. The van der Waals surface area contributed by atoms with Gasteiger partial charge in [0.15, 0.2) is 0 Å². The predicted molar refractivity (Wildman–Crippen MR) is 90.3 cm³/mol. The van der Waals surface area contributed by atoms with Crippen LogP contribution in [0.15, 0.2) is 0 Å². The Bertz CT molecular complexity index is 517. The van der Waals surface area contributed by atoms with Crippen molar-refractivity contribution in [1.82, 2.24) is 0 Å². The van der Waals surface area contributed by atoms with E-state index < -0.39 is 5.97 Å². The van der Waals surface area contributed by atoms with Crippen LogP contribution in [-0.4, -0.2) is 17.0 Å². The summed E-state index contributed by atoms with van der Waals surface area (Å²) in [7, 11) is 0. The Hall–Kier alpha value is 0.150. The molecule has 0 radical (unpaired) electrons. The molecule has 17 heavy (non-hydrogen) atoms. The van der Waals surface area contributed by atoms with Crippen LogP contribution in [0.4, 0.5) is 11.4 Å². The lowest BCUT2D eigenvalue weighted by Crippen LogP contribution is -2.15. The van der Waals surface area contributed by atoms with Gasteiger partial charge >= 0.3 is 5.97 Å². The number of hydrogen-bond acceptors (Lipinski definition) is 3. The molecule has 0 saturated heterocycles. The summed E-state index contributed by atoms with van der Waals surface area (Å²) in [6.45, 7) is 1.36. The SMILES string of the molecule is CC(=O)[15NH]c1c(I)c([15NH2])c(I)c([13C](=O)O)c1I. The van der Waals surface area contributed by atoms with E-state index in [1.807, 2.05) is 67.8 Å². The van der Waals surface area contributed by atoms with Crippen molar-refractivity contribution < 1.29 is 14.7 Å². The number of benzene rings is 1. The number of nitrogens with two attached hydrogens (primary N) is 1. The van der Waals surface area contributed by atoms with E-state index in [0.29, 0.717) is 22.1 Å². The van der Waals surface area contributed by atoms with Crippen molar-refractivity contribution in [2.75, 3.05) is 11.1 Å². The lowest BCUT2D eigenvalue weighted by atomic mass is 10.2. The lowest BCUT2D eigenvalue weighted by Gasteiger charge is -2.15. The summed E-state index contributed by atoms with van der Waals surface area (Å²) >= 11 is 5.78. The number of carboxylic acid groups (broad SMARTS) is 1. The van der Waals surface area contributed by atoms with Crippen LogP contribution in [-0.2, 0) is 4.79 Å². The van der Waals surface area contributed by atoms with Crippen LogP contribution in [0.2, 0.25) is 0 Å². The molecule has 1 amide bonds. The molecule has 0 saturated carbocycles. The smallest absolute Gasteiger partial charge is 0.338 e. The molecule has 0 aliphatic heterocycles. The summed E-state index contributed by atoms with van der Waals surface area (Å²) in [6.07, 6.45) is 0. The highest BCUT2D eigenvalue weighted by molar-refractivity contribution is 14.1. The van der Waals surface area contributed by atoms with Gasteiger partial charge in [0.1, 0.15) is 0 Å². The summed E-state index contributed by atoms with van der Waals surface area (Å²) in [6, 6.07) is 0. The third-order valence-electron chi connectivity index (χ3n) is 1.87. The van der Waals surface area contributed by atoms with E-state index in [-0.39, 0.29) is 11.5 Å². The summed E-state index contributed by atoms with van der Waals surface area (Å²) in [4.78, 5) is 22.3. The Morgan fingerprint density at radius 1 is 1.18 bits per heavy atom. The minimum atomic E-state index is -1.06. The lowest BCUT2D eigenvalue weighted by molar-refractivity contribution is -0.114. The number of nitrogen functional groups attached to an aromatic ring is 1. The highest BCUT2D eigenvalue weighted by Gasteiger charge is 2.23. The van der Waals surface area contributed by atoms with Crippen molar-refractivity contribution >= 4 is 91.0 Å². The third kappa shape index (κ3) is 3.13. The van der Waals surface area contributed by atoms with Gasteiger partial charge in [0.05, 0.1) is 27.6 Å². The zero-order chi connectivity index (χ0) is 13.3. The van der Waals surface area contributed by atoms with Gasteiger partial charge in [-0.1, -0.05) is 0 Å². The number of amides is 1. The Morgan fingerprint density at radius 3 is 2.12 bits per heavy atom. The maximum Gasteiger partial charge on any atom is 0.338 e. The summed E-state index contributed by atoms with van der Waals surface area (Å²) < 4.78 is 1.61. The first-order valence-corrected chi connectivity index (χ1v) is 7.47. The Balaban J connectivity index is 3.61. The molecule has 0 heterocycles. The summed E-state index contributed by atoms with van der Waals surface area (Å²) in [5.41, 5.74) is 6.77. The normalized spacial score (nSPS) is 10.1. The quantitative estimate of drug-likeness (QED) is 0.219. The zero-order valence-corrected chi connectivity index (χ0v) is 14.9. The Labute approximate surface area is 138 Å². The van der Waals surface area contributed by atoms with E-state index in [2.05, 4.69) is 5.32 Å². The standard InChI is InChI=1S/C9H7I3N2O3/c1-2(15)14-8-5(11)3(9(16)17)4(10)7(13)6(8)12/h13H2,1H3,(H,14,15)(H,16,17)/i9+1,13+1,14+1. The Morgan fingerprint density at radius 2 is 1.71 bits per heavy atom. The second-order valence-electron chi connectivity index (χ2n) is 3.09. The molecule has 92 valence electrons. The number of carbonyl (C=O) groups excluding carboxylic acids is 1. The van der Waals surface area contributed by atoms with Crippen molar-refractivity contribution in [3.63, 3.8) is 0 Å². The topological polar surface area (TPSA) is 92.4 Å². The molecule has 1 aromatic carbocycles.